The lowest BCUT2D eigenvalue weighted by Crippen LogP contribution is -2.34. The van der Waals surface area contributed by atoms with Gasteiger partial charge in [-0.15, -0.1) is 0 Å². The molecule has 1 heterocycles. The lowest BCUT2D eigenvalue weighted by atomic mass is 10.1. The highest BCUT2D eigenvalue weighted by molar-refractivity contribution is 5.10. The van der Waals surface area contributed by atoms with E-state index in [4.69, 9.17) is 5.11 Å². The van der Waals surface area contributed by atoms with Crippen molar-refractivity contribution in [2.45, 2.75) is 46.3 Å². The van der Waals surface area contributed by atoms with Gasteiger partial charge in [-0.2, -0.15) is 0 Å². The van der Waals surface area contributed by atoms with E-state index in [0.717, 1.165) is 13.1 Å². The maximum absolute atomic E-state index is 8.99. The van der Waals surface area contributed by atoms with Crippen molar-refractivity contribution in [1.29, 1.82) is 0 Å². The maximum Gasteiger partial charge on any atom is 0.0473 e. The van der Waals surface area contributed by atoms with Gasteiger partial charge in [0.25, 0.3) is 0 Å². The van der Waals surface area contributed by atoms with Crippen LogP contribution in [0.3, 0.4) is 0 Å². The molecule has 0 aliphatic rings. The molecule has 0 radical (unpaired) electrons. The second-order valence-corrected chi connectivity index (χ2v) is 5.61. The molecule has 0 aromatic carbocycles. The highest BCUT2D eigenvalue weighted by atomic mass is 16.3. The van der Waals surface area contributed by atoms with Crippen molar-refractivity contribution in [2.75, 3.05) is 6.61 Å². The van der Waals surface area contributed by atoms with Crippen LogP contribution in [0.15, 0.2) is 18.5 Å². The molecule has 1 rings (SSSR count). The predicted molar refractivity (Wildman–Crippen MR) is 67.3 cm³/mol. The zero-order valence-electron chi connectivity index (χ0n) is 10.8. The highest BCUT2D eigenvalue weighted by Gasteiger charge is 2.09. The Morgan fingerprint density at radius 2 is 2.12 bits per heavy atom. The Hall–Kier alpha value is -0.800. The summed E-state index contributed by atoms with van der Waals surface area (Å²) >= 11 is 0. The Morgan fingerprint density at radius 3 is 2.69 bits per heavy atom. The van der Waals surface area contributed by atoms with E-state index in [-0.39, 0.29) is 12.1 Å². The molecule has 0 aliphatic carbocycles. The number of rotatable bonds is 5. The predicted octanol–water partition coefficient (Wildman–Crippen LogP) is 2.00. The number of hydrogen-bond donors (Lipinski definition) is 2. The molecular weight excluding hydrogens is 200 g/mol. The van der Waals surface area contributed by atoms with Gasteiger partial charge in [-0.1, -0.05) is 6.92 Å². The van der Waals surface area contributed by atoms with Crippen LogP contribution in [0.4, 0.5) is 0 Å². The van der Waals surface area contributed by atoms with Crippen molar-refractivity contribution in [1.82, 2.24) is 9.88 Å². The van der Waals surface area contributed by atoms with Gasteiger partial charge in [0, 0.05) is 37.6 Å². The third kappa shape index (κ3) is 4.81. The fourth-order valence-electron chi connectivity index (χ4n) is 1.49. The van der Waals surface area contributed by atoms with Crippen LogP contribution in [0.1, 0.15) is 33.3 Å². The van der Waals surface area contributed by atoms with Crippen LogP contribution in [-0.2, 0) is 13.1 Å². The van der Waals surface area contributed by atoms with E-state index in [1.165, 1.54) is 5.56 Å². The second-order valence-electron chi connectivity index (χ2n) is 5.61. The maximum atomic E-state index is 8.99. The lowest BCUT2D eigenvalue weighted by Gasteiger charge is -2.19. The van der Waals surface area contributed by atoms with E-state index in [9.17, 15) is 0 Å². The van der Waals surface area contributed by atoms with Crippen molar-refractivity contribution < 1.29 is 5.11 Å². The smallest absolute Gasteiger partial charge is 0.0473 e. The first-order chi connectivity index (χ1) is 7.40. The number of hydrogen-bond acceptors (Lipinski definition) is 2. The minimum atomic E-state index is 0.153. The van der Waals surface area contributed by atoms with Gasteiger partial charge in [-0.25, -0.2) is 0 Å². The van der Waals surface area contributed by atoms with Crippen LogP contribution in [-0.4, -0.2) is 21.8 Å². The average Bonchev–Trinajstić information content (AvgIpc) is 2.61. The van der Waals surface area contributed by atoms with Gasteiger partial charge in [-0.05, 0) is 38.3 Å². The Bertz CT molecular complexity index is 312. The fraction of sp³-hybridized carbons (Fsp3) is 0.692. The summed E-state index contributed by atoms with van der Waals surface area (Å²) in [7, 11) is 0. The van der Waals surface area contributed by atoms with E-state index >= 15 is 0 Å². The van der Waals surface area contributed by atoms with Crippen molar-refractivity contribution in [3.8, 4) is 0 Å². The molecule has 1 aromatic heterocycles. The molecule has 1 atom stereocenters. The topological polar surface area (TPSA) is 37.2 Å². The monoisotopic (exact) mass is 224 g/mol. The van der Waals surface area contributed by atoms with Crippen molar-refractivity contribution in [3.63, 3.8) is 0 Å². The van der Waals surface area contributed by atoms with Crippen LogP contribution in [0, 0.1) is 5.92 Å². The van der Waals surface area contributed by atoms with E-state index in [0.29, 0.717) is 5.92 Å². The molecule has 1 unspecified atom stereocenters. The first-order valence-electron chi connectivity index (χ1n) is 5.91. The molecule has 3 nitrogen and oxygen atoms in total. The third-order valence-electron chi connectivity index (χ3n) is 2.47. The van der Waals surface area contributed by atoms with Crippen LogP contribution in [0.5, 0.6) is 0 Å². The number of aliphatic hydroxyl groups excluding tert-OH is 1. The number of nitrogens with one attached hydrogen (secondary N) is 1. The molecule has 0 saturated heterocycles. The molecule has 0 fully saturated rings. The van der Waals surface area contributed by atoms with E-state index in [1.54, 1.807) is 0 Å². The Kier molecular flexibility index (Phi) is 4.56. The summed E-state index contributed by atoms with van der Waals surface area (Å²) in [6, 6.07) is 2.13. The molecule has 16 heavy (non-hydrogen) atoms. The molecule has 0 spiro atoms. The number of aromatic nitrogens is 1. The average molecular weight is 224 g/mol. The fourth-order valence-corrected chi connectivity index (χ4v) is 1.49. The van der Waals surface area contributed by atoms with Gasteiger partial charge in [0.15, 0.2) is 0 Å². The molecule has 0 bridgehead atoms. The molecule has 3 heteroatoms. The summed E-state index contributed by atoms with van der Waals surface area (Å²) in [6.45, 7) is 10.6. The normalized spacial score (nSPS) is 14.1. The summed E-state index contributed by atoms with van der Waals surface area (Å²) in [5.74, 6) is 0.316. The standard InChI is InChI=1S/C13H24N2O/c1-11(10-16)8-15-6-5-12(9-15)7-14-13(2,3)4/h5-6,9,11,14,16H,7-8,10H2,1-4H3. The first-order valence-corrected chi connectivity index (χ1v) is 5.91. The van der Waals surface area contributed by atoms with Crippen molar-refractivity contribution in [2.24, 2.45) is 5.92 Å². The molecule has 92 valence electrons. The molecule has 0 amide bonds. The van der Waals surface area contributed by atoms with E-state index in [1.807, 2.05) is 6.92 Å². The number of aliphatic hydroxyl groups is 1. The summed E-state index contributed by atoms with van der Waals surface area (Å²) in [5, 5.41) is 12.4. The van der Waals surface area contributed by atoms with E-state index in [2.05, 4.69) is 49.1 Å². The Labute approximate surface area is 98.5 Å². The zero-order chi connectivity index (χ0) is 12.2. The van der Waals surface area contributed by atoms with E-state index < -0.39 is 0 Å². The molecule has 2 N–H and O–H groups in total. The Morgan fingerprint density at radius 1 is 1.44 bits per heavy atom. The molecule has 1 aromatic rings. The number of nitrogens with zero attached hydrogens (tertiary/aromatic N) is 1. The largest absolute Gasteiger partial charge is 0.396 e. The van der Waals surface area contributed by atoms with Gasteiger partial charge in [0.05, 0.1) is 0 Å². The van der Waals surface area contributed by atoms with Gasteiger partial charge >= 0.3 is 0 Å². The lowest BCUT2D eigenvalue weighted by molar-refractivity contribution is 0.223. The van der Waals surface area contributed by atoms with Gasteiger partial charge < -0.3 is 15.0 Å². The SMILES string of the molecule is CC(CO)Cn1ccc(CNC(C)(C)C)c1. The van der Waals surface area contributed by atoms with Crippen LogP contribution in [0.25, 0.3) is 0 Å². The minimum absolute atomic E-state index is 0.153. The summed E-state index contributed by atoms with van der Waals surface area (Å²) in [4.78, 5) is 0. The molecular formula is C13H24N2O. The molecule has 0 saturated carbocycles. The summed E-state index contributed by atoms with van der Waals surface area (Å²) in [6.07, 6.45) is 4.22. The van der Waals surface area contributed by atoms with Crippen LogP contribution in [0.2, 0.25) is 0 Å². The van der Waals surface area contributed by atoms with Crippen LogP contribution >= 0.6 is 0 Å². The molecule has 0 aliphatic heterocycles. The summed E-state index contributed by atoms with van der Waals surface area (Å²) < 4.78 is 2.14. The Balaban J connectivity index is 2.45. The van der Waals surface area contributed by atoms with Crippen LogP contribution < -0.4 is 5.32 Å². The summed E-state index contributed by atoms with van der Waals surface area (Å²) in [5.41, 5.74) is 1.44. The minimum Gasteiger partial charge on any atom is -0.396 e. The second kappa shape index (κ2) is 5.51. The van der Waals surface area contributed by atoms with Crippen molar-refractivity contribution >= 4 is 0 Å². The quantitative estimate of drug-likeness (QED) is 0.802. The third-order valence-corrected chi connectivity index (χ3v) is 2.47. The first kappa shape index (κ1) is 13.3. The van der Waals surface area contributed by atoms with Gasteiger partial charge in [-0.3, -0.25) is 0 Å². The zero-order valence-corrected chi connectivity index (χ0v) is 10.8. The van der Waals surface area contributed by atoms with Gasteiger partial charge in [0.2, 0.25) is 0 Å². The highest BCUT2D eigenvalue weighted by Crippen LogP contribution is 2.07. The van der Waals surface area contributed by atoms with Crippen molar-refractivity contribution in [3.05, 3.63) is 24.0 Å². The van der Waals surface area contributed by atoms with Gasteiger partial charge in [0.1, 0.15) is 0 Å².